The molecule has 10 nitrogen and oxygen atoms in total. The van der Waals surface area contributed by atoms with Crippen molar-refractivity contribution < 1.29 is 19.2 Å². The van der Waals surface area contributed by atoms with Crippen LogP contribution < -0.4 is 10.6 Å². The van der Waals surface area contributed by atoms with Crippen LogP contribution in [-0.4, -0.2) is 57.5 Å². The molecule has 12 heteroatoms. The molecule has 2 heterocycles. The highest BCUT2D eigenvalue weighted by Crippen LogP contribution is 2.26. The van der Waals surface area contributed by atoms with Crippen LogP contribution in [0, 0.1) is 0 Å². The summed E-state index contributed by atoms with van der Waals surface area (Å²) in [6, 6.07) is 11.1. The number of aliphatic imine (C=N–C) groups is 1. The Kier molecular flexibility index (Phi) is 8.35. The van der Waals surface area contributed by atoms with Crippen molar-refractivity contribution in [1.29, 1.82) is 0 Å². The van der Waals surface area contributed by atoms with Crippen LogP contribution in [0.3, 0.4) is 0 Å². The number of hydrogen-bond acceptors (Lipinski definition) is 5. The molecule has 1 fully saturated rings. The molecule has 0 bridgehead atoms. The molecule has 1 saturated heterocycles. The molecule has 0 radical (unpaired) electrons. The van der Waals surface area contributed by atoms with Crippen LogP contribution in [0.15, 0.2) is 66.3 Å². The highest BCUT2D eigenvalue weighted by Gasteiger charge is 2.24. The van der Waals surface area contributed by atoms with E-state index in [0.29, 0.717) is 36.3 Å². The molecule has 0 aliphatic carbocycles. The lowest BCUT2D eigenvalue weighted by atomic mass is 10.1. The number of hydrogen-bond donors (Lipinski definition) is 3. The van der Waals surface area contributed by atoms with Crippen molar-refractivity contribution >= 4 is 63.9 Å². The van der Waals surface area contributed by atoms with Gasteiger partial charge in [0.05, 0.1) is 27.8 Å². The molecular weight excluding hydrogens is 531 g/mol. The second-order valence-electron chi connectivity index (χ2n) is 8.28. The number of benzene rings is 2. The maximum atomic E-state index is 13.0. The van der Waals surface area contributed by atoms with Crippen molar-refractivity contribution in [3.8, 4) is 0 Å². The third-order valence-corrected chi connectivity index (χ3v) is 6.31. The van der Waals surface area contributed by atoms with Crippen LogP contribution in [0.2, 0.25) is 10.0 Å². The Morgan fingerprint density at radius 3 is 2.45 bits per heavy atom. The molecule has 38 heavy (non-hydrogen) atoms. The minimum Gasteiger partial charge on any atom is -0.333 e. The lowest BCUT2D eigenvalue weighted by molar-refractivity contribution is -0.111. The molecule has 4 amide bonds. The van der Waals surface area contributed by atoms with Crippen molar-refractivity contribution in [2.75, 3.05) is 23.7 Å². The average Bonchev–Trinajstić information content (AvgIpc) is 3.37. The first-order valence-corrected chi connectivity index (χ1v) is 12.2. The highest BCUT2D eigenvalue weighted by molar-refractivity contribution is 6.40. The molecule has 1 aliphatic rings. The number of piperidine rings is 1. The van der Waals surface area contributed by atoms with E-state index in [0.717, 1.165) is 6.08 Å². The largest absolute Gasteiger partial charge is 0.333 e. The predicted molar refractivity (Wildman–Crippen MR) is 145 cm³/mol. The molecule has 2 aromatic carbocycles. The third kappa shape index (κ3) is 6.16. The first kappa shape index (κ1) is 26.8. The van der Waals surface area contributed by atoms with Crippen LogP contribution in [-0.2, 0) is 4.79 Å². The van der Waals surface area contributed by atoms with Gasteiger partial charge in [-0.15, -0.1) is 0 Å². The number of anilines is 2. The molecule has 3 N–H and O–H groups in total. The number of H-pyrrole nitrogens is 1. The Bertz CT molecular complexity index is 1430. The normalized spacial score (nSPS) is 14.2. The summed E-state index contributed by atoms with van der Waals surface area (Å²) < 4.78 is 0. The standard InChI is InChI=1S/C26H22Cl2N6O4/c1-2-21(35)30-16-10-8-15(9-11-16)26(38)34-12-4-5-17(14-34)31-25(37)23-20(13-29-33-23)32-24(36)22-18(27)6-3-7-19(22)28/h2-3,6-11,13H,1,4-5,12,14H2,(H,29,33)(H,30,35)(H,32,36)/b31-17-. The first-order chi connectivity index (χ1) is 18.3. The van der Waals surface area contributed by atoms with Gasteiger partial charge in [0, 0.05) is 29.7 Å². The fourth-order valence-electron chi connectivity index (χ4n) is 3.83. The summed E-state index contributed by atoms with van der Waals surface area (Å²) in [6.45, 7) is 4.07. The van der Waals surface area contributed by atoms with Crippen LogP contribution in [0.25, 0.3) is 0 Å². The number of amides is 4. The van der Waals surface area contributed by atoms with E-state index < -0.39 is 11.8 Å². The zero-order valence-electron chi connectivity index (χ0n) is 20.0. The molecule has 0 spiro atoms. The minimum atomic E-state index is -0.668. The Morgan fingerprint density at radius 1 is 1.05 bits per heavy atom. The van der Waals surface area contributed by atoms with E-state index in [1.807, 2.05) is 0 Å². The molecule has 1 aromatic heterocycles. The fraction of sp³-hybridized carbons (Fsp3) is 0.154. The van der Waals surface area contributed by atoms with Crippen LogP contribution in [0.1, 0.15) is 44.0 Å². The number of nitrogens with one attached hydrogen (secondary N) is 3. The van der Waals surface area contributed by atoms with Crippen LogP contribution in [0.4, 0.5) is 11.4 Å². The van der Waals surface area contributed by atoms with E-state index in [1.165, 1.54) is 18.3 Å². The van der Waals surface area contributed by atoms with Crippen LogP contribution in [0.5, 0.6) is 0 Å². The number of rotatable bonds is 6. The molecule has 0 unspecified atom stereocenters. The minimum absolute atomic E-state index is 0.0688. The number of carbonyl (C=O) groups excluding carboxylic acids is 4. The first-order valence-electron chi connectivity index (χ1n) is 11.5. The molecule has 3 aromatic rings. The summed E-state index contributed by atoms with van der Waals surface area (Å²) >= 11 is 12.2. The van der Waals surface area contributed by atoms with E-state index in [2.05, 4.69) is 32.4 Å². The zero-order valence-corrected chi connectivity index (χ0v) is 21.5. The van der Waals surface area contributed by atoms with Gasteiger partial charge >= 0.3 is 0 Å². The van der Waals surface area contributed by atoms with Gasteiger partial charge in [-0.1, -0.05) is 35.8 Å². The summed E-state index contributed by atoms with van der Waals surface area (Å²) in [5.74, 6) is -1.85. The van der Waals surface area contributed by atoms with E-state index in [1.54, 1.807) is 35.2 Å². The quantitative estimate of drug-likeness (QED) is 0.383. The molecule has 1 aliphatic heterocycles. The fourth-order valence-corrected chi connectivity index (χ4v) is 4.40. The summed E-state index contributed by atoms with van der Waals surface area (Å²) in [7, 11) is 0. The van der Waals surface area contributed by atoms with E-state index in [-0.39, 0.29) is 45.3 Å². The monoisotopic (exact) mass is 552 g/mol. The van der Waals surface area contributed by atoms with Gasteiger partial charge in [0.1, 0.15) is 0 Å². The van der Waals surface area contributed by atoms with E-state index >= 15 is 0 Å². The van der Waals surface area contributed by atoms with Crippen molar-refractivity contribution in [3.05, 3.63) is 88.2 Å². The number of nitrogens with zero attached hydrogens (tertiary/aromatic N) is 3. The number of halogens is 2. The third-order valence-electron chi connectivity index (χ3n) is 5.68. The Hall–Kier alpha value is -4.28. The summed E-state index contributed by atoms with van der Waals surface area (Å²) in [5, 5.41) is 12.0. The van der Waals surface area contributed by atoms with Gasteiger partial charge in [-0.05, 0) is 55.3 Å². The van der Waals surface area contributed by atoms with E-state index in [4.69, 9.17) is 23.2 Å². The Morgan fingerprint density at radius 2 is 1.76 bits per heavy atom. The molecule has 0 atom stereocenters. The molecule has 4 rings (SSSR count). The van der Waals surface area contributed by atoms with Gasteiger partial charge in [0.15, 0.2) is 5.69 Å². The summed E-state index contributed by atoms with van der Waals surface area (Å²) in [5.41, 5.74) is 1.59. The maximum absolute atomic E-state index is 13.0. The van der Waals surface area contributed by atoms with Crippen molar-refractivity contribution in [1.82, 2.24) is 15.1 Å². The van der Waals surface area contributed by atoms with Crippen molar-refractivity contribution in [3.63, 3.8) is 0 Å². The Labute approximate surface area is 227 Å². The van der Waals surface area contributed by atoms with Gasteiger partial charge in [0.2, 0.25) is 5.91 Å². The maximum Gasteiger partial charge on any atom is 0.299 e. The molecule has 0 saturated carbocycles. The Balaban J connectivity index is 1.44. The summed E-state index contributed by atoms with van der Waals surface area (Å²) in [6.07, 6.45) is 3.67. The topological polar surface area (TPSA) is 137 Å². The van der Waals surface area contributed by atoms with Crippen LogP contribution >= 0.6 is 23.2 Å². The lowest BCUT2D eigenvalue weighted by Crippen LogP contribution is -2.40. The van der Waals surface area contributed by atoms with Gasteiger partial charge in [0.25, 0.3) is 17.7 Å². The average molecular weight is 553 g/mol. The highest BCUT2D eigenvalue weighted by atomic mass is 35.5. The zero-order chi connectivity index (χ0) is 27.2. The van der Waals surface area contributed by atoms with Crippen molar-refractivity contribution in [2.45, 2.75) is 12.8 Å². The number of aromatic amines is 1. The SMILES string of the molecule is C=CC(=O)Nc1ccc(C(=O)N2CCC/C(=N/C(=O)c3n[nH]cc3NC(=O)c3c(Cl)cccc3Cl)C2)cc1. The second-order valence-corrected chi connectivity index (χ2v) is 9.10. The van der Waals surface area contributed by atoms with E-state index in [9.17, 15) is 19.2 Å². The lowest BCUT2D eigenvalue weighted by Gasteiger charge is -2.28. The molecule has 194 valence electrons. The molecular formula is C26H22Cl2N6O4. The summed E-state index contributed by atoms with van der Waals surface area (Å²) in [4.78, 5) is 55.9. The van der Waals surface area contributed by atoms with Gasteiger partial charge < -0.3 is 15.5 Å². The van der Waals surface area contributed by atoms with Gasteiger partial charge in [-0.2, -0.15) is 5.10 Å². The predicted octanol–water partition coefficient (Wildman–Crippen LogP) is 4.61. The smallest absolute Gasteiger partial charge is 0.299 e. The second kappa shape index (κ2) is 11.8. The number of likely N-dealkylation sites (tertiary alicyclic amines) is 1. The van der Waals surface area contributed by atoms with Gasteiger partial charge in [-0.25, -0.2) is 4.99 Å². The number of carbonyl (C=O) groups is 4. The van der Waals surface area contributed by atoms with Crippen molar-refractivity contribution in [2.24, 2.45) is 4.99 Å². The number of aromatic nitrogens is 2. The van der Waals surface area contributed by atoms with Gasteiger partial charge in [-0.3, -0.25) is 24.3 Å².